The Bertz CT molecular complexity index is 528. The smallest absolute Gasteiger partial charge is 0.338 e. The lowest BCUT2D eigenvalue weighted by molar-refractivity contribution is 0.225. The van der Waals surface area contributed by atoms with Gasteiger partial charge in [0.25, 0.3) is 0 Å². The van der Waals surface area contributed by atoms with Crippen molar-refractivity contribution >= 4 is 34.7 Å². The van der Waals surface area contributed by atoms with Crippen molar-refractivity contribution in [2.75, 3.05) is 10.2 Å². The summed E-state index contributed by atoms with van der Waals surface area (Å²) in [6, 6.07) is 1.64. The Labute approximate surface area is 153 Å². The van der Waals surface area contributed by atoms with Crippen LogP contribution in [0.2, 0.25) is 0 Å². The predicted octanol–water partition coefficient (Wildman–Crippen LogP) is 5.74. The first-order valence-corrected chi connectivity index (χ1v) is 9.15. The van der Waals surface area contributed by atoms with Crippen LogP contribution in [-0.4, -0.2) is 23.1 Å². The van der Waals surface area contributed by atoms with Gasteiger partial charge in [-0.05, 0) is 12.3 Å². The van der Waals surface area contributed by atoms with Crippen molar-refractivity contribution in [1.29, 1.82) is 0 Å². The third kappa shape index (κ3) is 5.51. The number of allylic oxidation sites excluding steroid dienone is 1. The van der Waals surface area contributed by atoms with Gasteiger partial charge in [-0.2, -0.15) is 0 Å². The number of amides is 2. The van der Waals surface area contributed by atoms with Crippen LogP contribution >= 0.6 is 22.9 Å². The highest BCUT2D eigenvalue weighted by Crippen LogP contribution is 2.26. The van der Waals surface area contributed by atoms with Crippen LogP contribution in [-0.2, 0) is 0 Å². The Morgan fingerprint density at radius 3 is 2.57 bits per heavy atom. The molecule has 0 N–H and O–H groups in total. The van der Waals surface area contributed by atoms with Crippen molar-refractivity contribution < 1.29 is 9.32 Å². The Morgan fingerprint density at radius 2 is 2.04 bits per heavy atom. The molecule has 0 aliphatic heterocycles. The highest BCUT2D eigenvalue weighted by Gasteiger charge is 2.24. The zero-order valence-corrected chi connectivity index (χ0v) is 17.0. The second-order valence-electron chi connectivity index (χ2n) is 6.25. The molecule has 6 heteroatoms. The minimum Gasteiger partial charge on any atom is -0.359 e. The number of nitrogens with zero attached hydrogens (tertiary/aromatic N) is 3. The molecule has 1 aromatic heterocycles. The summed E-state index contributed by atoms with van der Waals surface area (Å²) >= 11 is 1.96. The fourth-order valence-corrected chi connectivity index (χ4v) is 2.75. The number of unbranched alkanes of at least 4 members (excludes halogenated alkanes) is 2. The van der Waals surface area contributed by atoms with Crippen LogP contribution in [0.5, 0.6) is 0 Å². The van der Waals surface area contributed by atoms with Gasteiger partial charge in [0, 0.05) is 24.7 Å². The minimum absolute atomic E-state index is 0.165. The number of carbonyl (C=O) groups is 1. The van der Waals surface area contributed by atoms with Gasteiger partial charge in [0.15, 0.2) is 5.82 Å². The molecule has 1 aromatic rings. The zero-order chi connectivity index (χ0) is 17.6. The van der Waals surface area contributed by atoms with Crippen molar-refractivity contribution in [2.45, 2.75) is 59.3 Å². The maximum absolute atomic E-state index is 12.6. The third-order valence-corrected chi connectivity index (χ3v) is 4.89. The van der Waals surface area contributed by atoms with Gasteiger partial charge in [0.1, 0.15) is 5.76 Å². The second kappa shape index (κ2) is 9.30. The van der Waals surface area contributed by atoms with Gasteiger partial charge in [-0.15, -0.1) is 0 Å². The summed E-state index contributed by atoms with van der Waals surface area (Å²) in [4.78, 5) is 14.2. The van der Waals surface area contributed by atoms with Gasteiger partial charge in [-0.25, -0.2) is 7.91 Å². The van der Waals surface area contributed by atoms with Crippen LogP contribution in [0.15, 0.2) is 22.9 Å². The van der Waals surface area contributed by atoms with Crippen molar-refractivity contribution in [3.05, 3.63) is 24.1 Å². The Kier molecular flexibility index (Phi) is 8.08. The summed E-state index contributed by atoms with van der Waals surface area (Å²) in [6.45, 7) is 12.4. The number of urea groups is 1. The van der Waals surface area contributed by atoms with Crippen LogP contribution in [0.1, 0.15) is 65.1 Å². The highest BCUT2D eigenvalue weighted by atomic mass is 127. The molecule has 2 amide bonds. The molecule has 0 bridgehead atoms. The quantitative estimate of drug-likeness (QED) is 0.299. The average Bonchev–Trinajstić information content (AvgIpc) is 3.02. The van der Waals surface area contributed by atoms with Crippen molar-refractivity contribution in [3.63, 3.8) is 0 Å². The molecule has 5 nitrogen and oxygen atoms in total. The molecule has 1 atom stereocenters. The van der Waals surface area contributed by atoms with Crippen molar-refractivity contribution in [3.8, 4) is 0 Å². The first-order valence-electron chi connectivity index (χ1n) is 8.18. The average molecular weight is 433 g/mol. The van der Waals surface area contributed by atoms with Gasteiger partial charge < -0.3 is 9.42 Å². The molecular weight excluding hydrogens is 405 g/mol. The Morgan fingerprint density at radius 1 is 1.39 bits per heavy atom. The van der Waals surface area contributed by atoms with E-state index in [0.717, 1.165) is 24.3 Å². The first-order chi connectivity index (χ1) is 10.8. The SMILES string of the molecule is C=C(C(C)CCCCC)N(C)C(=O)N(I)c1cc(C(C)C)on1. The van der Waals surface area contributed by atoms with Crippen LogP contribution in [0.25, 0.3) is 0 Å². The lowest BCUT2D eigenvalue weighted by atomic mass is 10.00. The molecular formula is C17H28IN3O2. The molecule has 0 aliphatic carbocycles. The summed E-state index contributed by atoms with van der Waals surface area (Å²) in [5.74, 6) is 1.80. The lowest BCUT2D eigenvalue weighted by Crippen LogP contribution is -2.36. The van der Waals surface area contributed by atoms with E-state index in [9.17, 15) is 4.79 Å². The molecule has 130 valence electrons. The van der Waals surface area contributed by atoms with Crippen LogP contribution in [0.4, 0.5) is 10.6 Å². The van der Waals surface area contributed by atoms with Gasteiger partial charge in [-0.3, -0.25) is 0 Å². The second-order valence-corrected chi connectivity index (χ2v) is 7.22. The fraction of sp³-hybridized carbons (Fsp3) is 0.647. The van der Waals surface area contributed by atoms with Crippen LogP contribution in [0.3, 0.4) is 0 Å². The Hall–Kier alpha value is -1.05. The fourth-order valence-electron chi connectivity index (χ4n) is 2.19. The lowest BCUT2D eigenvalue weighted by Gasteiger charge is -2.27. The van der Waals surface area contributed by atoms with Crippen LogP contribution < -0.4 is 3.11 Å². The maximum atomic E-state index is 12.6. The third-order valence-electron chi connectivity index (χ3n) is 3.98. The zero-order valence-electron chi connectivity index (χ0n) is 14.8. The van der Waals surface area contributed by atoms with E-state index >= 15 is 0 Å². The topological polar surface area (TPSA) is 49.6 Å². The van der Waals surface area contributed by atoms with Gasteiger partial charge >= 0.3 is 6.03 Å². The summed E-state index contributed by atoms with van der Waals surface area (Å²) in [5, 5.41) is 3.97. The normalized spacial score (nSPS) is 12.3. The molecule has 23 heavy (non-hydrogen) atoms. The van der Waals surface area contributed by atoms with Crippen LogP contribution in [0, 0.1) is 5.92 Å². The number of anilines is 1. The van der Waals surface area contributed by atoms with E-state index in [-0.39, 0.29) is 17.9 Å². The molecule has 0 saturated heterocycles. The van der Waals surface area contributed by atoms with E-state index in [4.69, 9.17) is 4.52 Å². The molecule has 0 saturated carbocycles. The van der Waals surface area contributed by atoms with E-state index in [1.165, 1.54) is 16.0 Å². The van der Waals surface area contributed by atoms with Crippen molar-refractivity contribution in [1.82, 2.24) is 10.1 Å². The van der Waals surface area contributed by atoms with E-state index in [2.05, 4.69) is 25.6 Å². The molecule has 0 radical (unpaired) electrons. The maximum Gasteiger partial charge on any atom is 0.338 e. The number of halogens is 1. The van der Waals surface area contributed by atoms with Gasteiger partial charge in [0.2, 0.25) is 0 Å². The van der Waals surface area contributed by atoms with Crippen molar-refractivity contribution in [2.24, 2.45) is 5.92 Å². The van der Waals surface area contributed by atoms with E-state index in [0.29, 0.717) is 5.82 Å². The summed E-state index contributed by atoms with van der Waals surface area (Å²) in [6.07, 6.45) is 4.62. The largest absolute Gasteiger partial charge is 0.359 e. The molecule has 0 aliphatic rings. The number of hydrogen-bond donors (Lipinski definition) is 0. The summed E-state index contributed by atoms with van der Waals surface area (Å²) in [5.41, 5.74) is 0.834. The number of aromatic nitrogens is 1. The number of carbonyl (C=O) groups excluding carboxylic acids is 1. The Balaban J connectivity index is 2.68. The molecule has 0 fully saturated rings. The molecule has 0 spiro atoms. The molecule has 0 aromatic carbocycles. The number of hydrogen-bond acceptors (Lipinski definition) is 3. The monoisotopic (exact) mass is 433 g/mol. The first kappa shape index (κ1) is 20.0. The highest BCUT2D eigenvalue weighted by molar-refractivity contribution is 14.1. The molecule has 1 rings (SSSR count). The van der Waals surface area contributed by atoms with Gasteiger partial charge in [-0.1, -0.05) is 58.7 Å². The minimum atomic E-state index is -0.165. The summed E-state index contributed by atoms with van der Waals surface area (Å²) < 4.78 is 6.73. The summed E-state index contributed by atoms with van der Waals surface area (Å²) in [7, 11) is 1.76. The predicted molar refractivity (Wildman–Crippen MR) is 103 cm³/mol. The standard InChI is InChI=1S/C17H28IN3O2/c1-7-8-9-10-13(4)14(5)20(6)17(22)21(18)16-11-15(12(2)3)23-19-16/h11-13H,5,7-10H2,1-4,6H3. The molecule has 1 unspecified atom stereocenters. The van der Waals surface area contributed by atoms with E-state index < -0.39 is 0 Å². The molecule has 1 heterocycles. The van der Waals surface area contributed by atoms with E-state index in [1.54, 1.807) is 18.0 Å². The van der Waals surface area contributed by atoms with E-state index in [1.807, 2.05) is 36.7 Å². The number of rotatable bonds is 8. The van der Waals surface area contributed by atoms with Gasteiger partial charge in [0.05, 0.1) is 22.9 Å².